The van der Waals surface area contributed by atoms with Gasteiger partial charge in [-0.25, -0.2) is 22.8 Å². The Kier molecular flexibility index (Phi) is 15.0. The number of methoxy groups -OCH3 is 1. The number of ether oxygens (including phenoxy) is 5. The molecule has 15 nitrogen and oxygen atoms in total. The first kappa shape index (κ1) is 46.2. The molecule has 6 rings (SSSR count). The Balaban J connectivity index is 1.03. The molecule has 3 aliphatic rings. The number of benzene rings is 2. The zero-order chi connectivity index (χ0) is 44.0. The highest BCUT2D eigenvalue weighted by atomic mass is 32.2. The van der Waals surface area contributed by atoms with Crippen molar-refractivity contribution in [1.82, 2.24) is 14.9 Å². The first-order chi connectivity index (χ1) is 29.0. The number of alkyl carbamates (subject to hydrolysis) is 2. The van der Waals surface area contributed by atoms with Gasteiger partial charge in [-0.05, 0) is 91.7 Å². The predicted molar refractivity (Wildman–Crippen MR) is 227 cm³/mol. The molecule has 1 aliphatic carbocycles. The van der Waals surface area contributed by atoms with E-state index in [0.29, 0.717) is 37.2 Å². The number of nitrogens with one attached hydrogen (secondary N) is 2. The van der Waals surface area contributed by atoms with Crippen LogP contribution in [0.2, 0.25) is 0 Å². The van der Waals surface area contributed by atoms with E-state index < -0.39 is 58.1 Å². The summed E-state index contributed by atoms with van der Waals surface area (Å²) >= 11 is 1.55. The third-order valence-electron chi connectivity index (χ3n) is 11.6. The quantitative estimate of drug-likeness (QED) is 0.106. The van der Waals surface area contributed by atoms with Gasteiger partial charge in [0.2, 0.25) is 10.0 Å². The van der Waals surface area contributed by atoms with Gasteiger partial charge in [0.1, 0.15) is 11.9 Å². The largest absolute Gasteiger partial charge is 0.497 e. The van der Waals surface area contributed by atoms with Crippen molar-refractivity contribution in [2.24, 2.45) is 17.3 Å². The lowest BCUT2D eigenvalue weighted by atomic mass is 9.76. The summed E-state index contributed by atoms with van der Waals surface area (Å²) in [4.78, 5) is 40.6. The maximum Gasteiger partial charge on any atom is 0.407 e. The molecule has 0 bridgehead atoms. The van der Waals surface area contributed by atoms with Gasteiger partial charge < -0.3 is 44.5 Å². The van der Waals surface area contributed by atoms with Crippen LogP contribution < -0.4 is 15.4 Å². The number of fused-ring (bicyclic) bond motifs is 2. The van der Waals surface area contributed by atoms with E-state index in [1.165, 1.54) is 23.5 Å². The Hall–Kier alpha value is -4.26. The van der Waals surface area contributed by atoms with E-state index in [9.17, 15) is 33.0 Å². The summed E-state index contributed by atoms with van der Waals surface area (Å²) in [5, 5.41) is 27.2. The third-order valence-corrected chi connectivity index (χ3v) is 14.8. The molecule has 5 atom stereocenters. The number of aliphatic hydroxyl groups is 1. The fraction of sp³-hybridized carbons (Fsp3) is 0.568. The van der Waals surface area contributed by atoms with Crippen LogP contribution in [-0.2, 0) is 54.7 Å². The fourth-order valence-corrected chi connectivity index (χ4v) is 11.4. The molecule has 61 heavy (non-hydrogen) atoms. The van der Waals surface area contributed by atoms with Gasteiger partial charge in [0.15, 0.2) is 5.79 Å². The highest BCUT2D eigenvalue weighted by molar-refractivity contribution is 7.89. The van der Waals surface area contributed by atoms with Crippen LogP contribution in [0, 0.1) is 17.3 Å². The second-order valence-electron chi connectivity index (χ2n) is 17.3. The number of sulfonamides is 1. The summed E-state index contributed by atoms with van der Waals surface area (Å²) in [6.07, 6.45) is 0.656. The Morgan fingerprint density at radius 2 is 1.77 bits per heavy atom. The highest BCUT2D eigenvalue weighted by Crippen LogP contribution is 2.43. The monoisotopic (exact) mass is 885 g/mol. The second-order valence-corrected chi connectivity index (χ2v) is 20.4. The molecule has 2 saturated heterocycles. The molecular weight excluding hydrogens is 827 g/mol. The van der Waals surface area contributed by atoms with Crippen molar-refractivity contribution in [3.8, 4) is 5.75 Å². The number of aryl methyl sites for hydroxylation is 2. The maximum absolute atomic E-state index is 13.9. The maximum atomic E-state index is 13.9. The number of rotatable bonds is 19. The minimum absolute atomic E-state index is 0.00310. The molecule has 3 aromatic rings. The Morgan fingerprint density at radius 3 is 2.46 bits per heavy atom. The average Bonchev–Trinajstić information content (AvgIpc) is 3.90. The molecule has 4 N–H and O–H groups in total. The van der Waals surface area contributed by atoms with Crippen molar-refractivity contribution in [1.29, 1.82) is 0 Å². The molecule has 1 aromatic heterocycles. The van der Waals surface area contributed by atoms with Crippen molar-refractivity contribution < 1.29 is 56.7 Å². The van der Waals surface area contributed by atoms with E-state index in [2.05, 4.69) is 24.5 Å². The summed E-state index contributed by atoms with van der Waals surface area (Å²) in [6.45, 7) is 8.25. The lowest BCUT2D eigenvalue weighted by Crippen LogP contribution is -2.52. The Labute approximate surface area is 362 Å². The van der Waals surface area contributed by atoms with Gasteiger partial charge in [-0.15, -0.1) is 11.3 Å². The van der Waals surface area contributed by atoms with Crippen LogP contribution in [-0.4, -0.2) is 112 Å². The number of carboxylic acid groups (broad SMARTS) is 1. The smallest absolute Gasteiger partial charge is 0.407 e. The number of carbonyl (C=O) groups is 3. The number of hydrogen-bond acceptors (Lipinski definition) is 12. The first-order valence-electron chi connectivity index (χ1n) is 20.9. The summed E-state index contributed by atoms with van der Waals surface area (Å²) in [5.74, 6) is -2.15. The minimum Gasteiger partial charge on any atom is -0.497 e. The number of amides is 2. The number of carbonyl (C=O) groups excluding carboxylic acids is 2. The van der Waals surface area contributed by atoms with Gasteiger partial charge in [-0.2, -0.15) is 4.31 Å². The van der Waals surface area contributed by atoms with Gasteiger partial charge in [0.25, 0.3) is 0 Å². The van der Waals surface area contributed by atoms with Crippen molar-refractivity contribution in [2.45, 2.75) is 102 Å². The standard InChI is InChI=1S/C44H59N3O12S2/c1-28(2)24-47(61(53,54)31-15-13-30(55-5)14-16-31)25-35(48)34(22-29-10-7-6-8-11-29)46-42(52)59-36-26-58-44(33(36)18-21-57-44)27-45-41(51)56-20-9-12-38-39(40(49)50)32-23-43(3,4)19-17-37(32)60-38/h6-8,10-11,13-16,28,33-36,48H,9,12,17-27H2,1-5H3,(H,45,51)(H,46,52)(H,49,50)/t33-,34-,35+,36-,44+/m0/s1. The molecule has 2 fully saturated rings. The van der Waals surface area contributed by atoms with E-state index in [1.54, 1.807) is 23.5 Å². The number of hydrogen-bond donors (Lipinski definition) is 4. The topological polar surface area (TPSA) is 199 Å². The number of aliphatic hydroxyl groups excluding tert-OH is 1. The number of thiophene rings is 1. The number of nitrogens with zero attached hydrogens (tertiary/aromatic N) is 1. The molecule has 0 radical (unpaired) electrons. The SMILES string of the molecule is COc1ccc(S(=O)(=O)N(CC(C)C)C[C@@H](O)[C@H](Cc2ccccc2)NC(=O)O[C@H]2CO[C@@]3(CNC(=O)OCCCc4sc5c(c4C(=O)O)CC(C)(C)CC5)OCC[C@@H]23)cc1. The van der Waals surface area contributed by atoms with Gasteiger partial charge in [0, 0.05) is 22.8 Å². The normalized spacial score (nSPS) is 21.6. The van der Waals surface area contributed by atoms with Crippen molar-refractivity contribution in [3.63, 3.8) is 0 Å². The zero-order valence-electron chi connectivity index (χ0n) is 35.5. The number of carboxylic acids is 1. The van der Waals surface area contributed by atoms with E-state index >= 15 is 0 Å². The average molecular weight is 886 g/mol. The summed E-state index contributed by atoms with van der Waals surface area (Å²) in [6, 6.07) is 14.3. The zero-order valence-corrected chi connectivity index (χ0v) is 37.1. The number of aromatic carboxylic acids is 1. The van der Waals surface area contributed by atoms with E-state index in [0.717, 1.165) is 40.1 Å². The Morgan fingerprint density at radius 1 is 1.03 bits per heavy atom. The molecule has 334 valence electrons. The van der Waals surface area contributed by atoms with E-state index in [4.69, 9.17) is 23.7 Å². The van der Waals surface area contributed by atoms with Crippen LogP contribution in [0.3, 0.4) is 0 Å². The molecule has 2 aliphatic heterocycles. The van der Waals surface area contributed by atoms with Gasteiger partial charge >= 0.3 is 18.2 Å². The lowest BCUT2D eigenvalue weighted by Gasteiger charge is -2.31. The van der Waals surface area contributed by atoms with Crippen LogP contribution in [0.4, 0.5) is 9.59 Å². The molecule has 3 heterocycles. The molecular formula is C44H59N3O12S2. The van der Waals surface area contributed by atoms with Gasteiger partial charge in [-0.1, -0.05) is 58.0 Å². The third kappa shape index (κ3) is 11.4. The van der Waals surface area contributed by atoms with Crippen molar-refractivity contribution >= 4 is 39.5 Å². The van der Waals surface area contributed by atoms with Crippen LogP contribution in [0.1, 0.15) is 78.2 Å². The molecule has 0 unspecified atom stereocenters. The molecule has 17 heteroatoms. The van der Waals surface area contributed by atoms with Crippen LogP contribution in [0.15, 0.2) is 59.5 Å². The first-order valence-corrected chi connectivity index (χ1v) is 23.1. The van der Waals surface area contributed by atoms with Gasteiger partial charge in [-0.3, -0.25) is 0 Å². The van der Waals surface area contributed by atoms with Crippen molar-refractivity contribution in [3.05, 3.63) is 81.0 Å². The predicted octanol–water partition coefficient (Wildman–Crippen LogP) is 5.81. The van der Waals surface area contributed by atoms with Gasteiger partial charge in [0.05, 0.1) is 62.0 Å². The van der Waals surface area contributed by atoms with Crippen LogP contribution in [0.5, 0.6) is 5.75 Å². The summed E-state index contributed by atoms with van der Waals surface area (Å²) in [5.41, 5.74) is 2.21. The Bertz CT molecular complexity index is 2090. The minimum atomic E-state index is -4.04. The molecule has 0 saturated carbocycles. The fourth-order valence-electron chi connectivity index (χ4n) is 8.42. The van der Waals surface area contributed by atoms with Crippen LogP contribution >= 0.6 is 11.3 Å². The molecule has 2 amide bonds. The lowest BCUT2D eigenvalue weighted by molar-refractivity contribution is -0.191. The summed E-state index contributed by atoms with van der Waals surface area (Å²) < 4.78 is 57.5. The highest BCUT2D eigenvalue weighted by Gasteiger charge is 2.56. The van der Waals surface area contributed by atoms with E-state index in [-0.39, 0.29) is 55.5 Å². The molecule has 0 spiro atoms. The van der Waals surface area contributed by atoms with Crippen molar-refractivity contribution in [2.75, 3.05) is 46.6 Å². The summed E-state index contributed by atoms with van der Waals surface area (Å²) in [7, 11) is -2.55. The van der Waals surface area contributed by atoms with Crippen LogP contribution in [0.25, 0.3) is 0 Å². The molecule has 2 aromatic carbocycles. The van der Waals surface area contributed by atoms with E-state index in [1.807, 2.05) is 44.2 Å². The second kappa shape index (κ2) is 19.8.